The smallest absolute Gasteiger partial charge is 0.135 e. The van der Waals surface area contributed by atoms with E-state index in [1.54, 1.807) is 0 Å². The molecule has 0 radical (unpaired) electrons. The molecule has 1 aromatic heterocycles. The third-order valence-electron chi connectivity index (χ3n) is 6.83. The molecule has 1 aliphatic carbocycles. The summed E-state index contributed by atoms with van der Waals surface area (Å²) in [6.45, 7) is 0. The number of para-hydroxylation sites is 2. The topological polar surface area (TPSA) is 47.0 Å². The van der Waals surface area contributed by atoms with Crippen LogP contribution in [0.15, 0.2) is 109 Å². The van der Waals surface area contributed by atoms with Crippen molar-refractivity contribution in [1.82, 2.24) is 15.3 Å². The number of benzene rings is 4. The third-order valence-corrected chi connectivity index (χ3v) is 6.83. The van der Waals surface area contributed by atoms with Crippen molar-refractivity contribution in [3.05, 3.63) is 126 Å². The van der Waals surface area contributed by atoms with Crippen LogP contribution in [0.2, 0.25) is 0 Å². The molecule has 7 rings (SSSR count). The first-order chi connectivity index (χ1) is 17.3. The zero-order valence-electron chi connectivity index (χ0n) is 19.0. The fourth-order valence-corrected chi connectivity index (χ4v) is 5.10. The quantitative estimate of drug-likeness (QED) is 0.329. The molecule has 4 nitrogen and oxygen atoms in total. The van der Waals surface area contributed by atoms with Crippen LogP contribution in [0.4, 0.5) is 0 Å². The van der Waals surface area contributed by atoms with Crippen molar-refractivity contribution in [2.24, 2.45) is 0 Å². The van der Waals surface area contributed by atoms with Gasteiger partial charge in [-0.15, -0.1) is 0 Å². The summed E-state index contributed by atoms with van der Waals surface area (Å²) < 4.78 is 6.38. The number of aromatic nitrogens is 2. The molecule has 2 aliphatic rings. The minimum atomic E-state index is -0.134. The summed E-state index contributed by atoms with van der Waals surface area (Å²) in [6.07, 6.45) is 4.18. The van der Waals surface area contributed by atoms with E-state index in [9.17, 15) is 0 Å². The highest BCUT2D eigenvalue weighted by Crippen LogP contribution is 2.41. The van der Waals surface area contributed by atoms with Crippen LogP contribution in [-0.4, -0.2) is 16.1 Å². The van der Waals surface area contributed by atoms with Gasteiger partial charge in [-0.25, -0.2) is 9.97 Å². The van der Waals surface area contributed by atoms with E-state index in [0.717, 1.165) is 39.1 Å². The summed E-state index contributed by atoms with van der Waals surface area (Å²) in [7, 11) is 0. The van der Waals surface area contributed by atoms with Crippen LogP contribution in [0.1, 0.15) is 29.0 Å². The molecule has 0 amide bonds. The number of rotatable bonds is 3. The highest BCUT2D eigenvalue weighted by Gasteiger charge is 2.37. The first-order valence-corrected chi connectivity index (χ1v) is 11.9. The molecule has 1 aliphatic heterocycles. The van der Waals surface area contributed by atoms with Crippen LogP contribution in [0.3, 0.4) is 0 Å². The molecule has 4 aromatic carbocycles. The second-order valence-electron chi connectivity index (χ2n) is 9.01. The van der Waals surface area contributed by atoms with Gasteiger partial charge in [-0.05, 0) is 34.9 Å². The molecule has 4 heteroatoms. The summed E-state index contributed by atoms with van der Waals surface area (Å²) in [5.74, 6) is 0. The summed E-state index contributed by atoms with van der Waals surface area (Å²) in [5.41, 5.74) is 9.25. The van der Waals surface area contributed by atoms with Gasteiger partial charge in [-0.1, -0.05) is 97.1 Å². The molecule has 0 saturated carbocycles. The van der Waals surface area contributed by atoms with Crippen LogP contribution in [0.5, 0.6) is 0 Å². The second-order valence-corrected chi connectivity index (χ2v) is 9.01. The van der Waals surface area contributed by atoms with Crippen molar-refractivity contribution < 1.29 is 4.74 Å². The lowest BCUT2D eigenvalue weighted by Crippen LogP contribution is -2.24. The predicted octanol–water partition coefficient (Wildman–Crippen LogP) is 6.72. The van der Waals surface area contributed by atoms with Gasteiger partial charge in [0.05, 0.1) is 34.6 Å². The van der Waals surface area contributed by atoms with E-state index in [-0.39, 0.29) is 18.4 Å². The first-order valence-electron chi connectivity index (χ1n) is 11.9. The van der Waals surface area contributed by atoms with E-state index < -0.39 is 0 Å². The van der Waals surface area contributed by atoms with E-state index in [1.807, 2.05) is 60.7 Å². The van der Waals surface area contributed by atoms with E-state index >= 15 is 0 Å². The van der Waals surface area contributed by atoms with Crippen molar-refractivity contribution in [1.29, 1.82) is 0 Å². The Labute approximate surface area is 204 Å². The fraction of sp³-hybridized carbons (Fsp3) is 0.0968. The van der Waals surface area contributed by atoms with Crippen LogP contribution in [0.25, 0.3) is 39.6 Å². The molecular weight excluding hydrogens is 430 g/mol. The highest BCUT2D eigenvalue weighted by molar-refractivity contribution is 5.86. The number of nitrogens with zero attached hydrogens (tertiary/aromatic N) is 2. The number of nitrogens with one attached hydrogen (secondary N) is 1. The average Bonchev–Trinajstić information content (AvgIpc) is 3.38. The molecule has 5 aromatic rings. The molecular formula is C31H23N3O. The largest absolute Gasteiger partial charge is 0.350 e. The zero-order valence-corrected chi connectivity index (χ0v) is 19.0. The Morgan fingerprint density at radius 1 is 0.657 bits per heavy atom. The summed E-state index contributed by atoms with van der Waals surface area (Å²) in [5, 5.41) is 3.71. The van der Waals surface area contributed by atoms with Gasteiger partial charge in [0.15, 0.2) is 0 Å². The maximum Gasteiger partial charge on any atom is 0.135 e. The van der Waals surface area contributed by atoms with Gasteiger partial charge in [0.1, 0.15) is 6.23 Å². The maximum atomic E-state index is 6.38. The van der Waals surface area contributed by atoms with Gasteiger partial charge in [-0.3, -0.25) is 5.32 Å². The normalized spacial score (nSPS) is 20.5. The first kappa shape index (κ1) is 20.3. The molecule has 0 spiro atoms. The van der Waals surface area contributed by atoms with E-state index in [1.165, 1.54) is 11.1 Å². The Hall–Kier alpha value is -4.12. The monoisotopic (exact) mass is 453 g/mol. The molecule has 35 heavy (non-hydrogen) atoms. The van der Waals surface area contributed by atoms with Crippen LogP contribution in [-0.2, 0) is 4.74 Å². The molecule has 2 heterocycles. The van der Waals surface area contributed by atoms with Gasteiger partial charge in [0, 0.05) is 11.1 Å². The van der Waals surface area contributed by atoms with E-state index in [2.05, 4.69) is 59.9 Å². The fourth-order valence-electron chi connectivity index (χ4n) is 5.10. The molecule has 168 valence electrons. The van der Waals surface area contributed by atoms with Crippen molar-refractivity contribution in [2.75, 3.05) is 0 Å². The van der Waals surface area contributed by atoms with E-state index in [0.29, 0.717) is 0 Å². The Kier molecular flexibility index (Phi) is 4.79. The van der Waals surface area contributed by atoms with Crippen LogP contribution in [0, 0.1) is 0 Å². The predicted molar refractivity (Wildman–Crippen MR) is 139 cm³/mol. The zero-order chi connectivity index (χ0) is 23.2. The van der Waals surface area contributed by atoms with Gasteiger partial charge in [0.25, 0.3) is 0 Å². The Morgan fingerprint density at radius 3 is 2.06 bits per heavy atom. The lowest BCUT2D eigenvalue weighted by molar-refractivity contribution is 0.0619. The Morgan fingerprint density at radius 2 is 1.31 bits per heavy atom. The molecule has 3 atom stereocenters. The number of fused-ring (bicyclic) bond motifs is 4. The van der Waals surface area contributed by atoms with Crippen LogP contribution < -0.4 is 5.32 Å². The molecule has 1 fully saturated rings. The average molecular weight is 454 g/mol. The number of hydrogen-bond acceptors (Lipinski definition) is 4. The maximum absolute atomic E-state index is 6.38. The summed E-state index contributed by atoms with van der Waals surface area (Å²) >= 11 is 0. The van der Waals surface area contributed by atoms with Gasteiger partial charge < -0.3 is 4.74 Å². The van der Waals surface area contributed by atoms with Gasteiger partial charge in [0.2, 0.25) is 0 Å². The van der Waals surface area contributed by atoms with Crippen LogP contribution >= 0.6 is 0 Å². The van der Waals surface area contributed by atoms with Crippen molar-refractivity contribution >= 4 is 17.1 Å². The standard InChI is InChI=1S/C31H23N3O/c1-3-9-21(10-4-1)28-29(33-26-14-8-7-13-25(26)32-28)23-16-15-20-17-18-27-30(24(20)19-23)34-31(35-27)22-11-5-2-6-12-22/h1-19,27,30-31,34H. The lowest BCUT2D eigenvalue weighted by Gasteiger charge is -2.23. The summed E-state index contributed by atoms with van der Waals surface area (Å²) in [4.78, 5) is 10.1. The Balaban J connectivity index is 1.34. The van der Waals surface area contributed by atoms with Gasteiger partial charge >= 0.3 is 0 Å². The third kappa shape index (κ3) is 3.55. The highest BCUT2D eigenvalue weighted by atomic mass is 16.5. The van der Waals surface area contributed by atoms with E-state index in [4.69, 9.17) is 14.7 Å². The van der Waals surface area contributed by atoms with Crippen molar-refractivity contribution in [3.8, 4) is 22.5 Å². The molecule has 3 unspecified atom stereocenters. The Bertz CT molecular complexity index is 1560. The molecule has 1 saturated heterocycles. The van der Waals surface area contributed by atoms with Crippen molar-refractivity contribution in [3.63, 3.8) is 0 Å². The second kappa shape index (κ2) is 8.27. The molecule has 1 N–H and O–H groups in total. The SMILES string of the molecule is C1=CC2OC(c3ccccc3)NC2c2cc(-c3nc4ccccc4nc3-c3ccccc3)ccc21. The minimum absolute atomic E-state index is 0.0146. The molecule has 0 bridgehead atoms. The number of hydrogen-bond donors (Lipinski definition) is 1. The minimum Gasteiger partial charge on any atom is -0.350 e. The summed E-state index contributed by atoms with van der Waals surface area (Å²) in [6, 6.07) is 35.4. The number of ether oxygens (including phenoxy) is 1. The van der Waals surface area contributed by atoms with Gasteiger partial charge in [-0.2, -0.15) is 0 Å². The van der Waals surface area contributed by atoms with Crippen molar-refractivity contribution in [2.45, 2.75) is 18.4 Å². The lowest BCUT2D eigenvalue weighted by atomic mass is 9.89.